The zero-order valence-corrected chi connectivity index (χ0v) is 15.3. The van der Waals surface area contributed by atoms with Gasteiger partial charge in [0.05, 0.1) is 17.9 Å². The van der Waals surface area contributed by atoms with Crippen LogP contribution in [0.3, 0.4) is 0 Å². The Labute approximate surface area is 162 Å². The third-order valence-corrected chi connectivity index (χ3v) is 3.95. The highest BCUT2D eigenvalue weighted by molar-refractivity contribution is 5.98. The molecule has 0 fully saturated rings. The molecule has 28 heavy (non-hydrogen) atoms. The van der Waals surface area contributed by atoms with Crippen LogP contribution in [0.15, 0.2) is 60.7 Å². The molecule has 0 saturated heterocycles. The van der Waals surface area contributed by atoms with Crippen LogP contribution in [-0.2, 0) is 17.9 Å². The highest BCUT2D eigenvalue weighted by Gasteiger charge is 2.11. The number of hydrogen-bond donors (Lipinski definition) is 2. The average molecular weight is 381 g/mol. The van der Waals surface area contributed by atoms with Crippen molar-refractivity contribution in [3.05, 3.63) is 83.3 Å². The summed E-state index contributed by atoms with van der Waals surface area (Å²) in [5.74, 6) is 0.699. The van der Waals surface area contributed by atoms with Gasteiger partial charge in [-0.05, 0) is 54.1 Å². The zero-order valence-electron chi connectivity index (χ0n) is 15.3. The van der Waals surface area contributed by atoms with Crippen molar-refractivity contribution in [3.63, 3.8) is 0 Å². The van der Waals surface area contributed by atoms with Gasteiger partial charge in [0.25, 0.3) is 5.91 Å². The molecule has 3 aromatic rings. The third-order valence-electron chi connectivity index (χ3n) is 3.95. The molecule has 7 heteroatoms. The molecular weight excluding hydrogens is 361 g/mol. The number of nitrogens with zero attached hydrogens (tertiary/aromatic N) is 1. The van der Waals surface area contributed by atoms with Crippen LogP contribution in [0, 0.1) is 5.82 Å². The summed E-state index contributed by atoms with van der Waals surface area (Å²) in [6.07, 6.45) is 0. The molecule has 3 rings (SSSR count). The monoisotopic (exact) mass is 381 g/mol. The molecule has 0 aliphatic rings. The Hall–Kier alpha value is -3.45. The molecule has 0 radical (unpaired) electrons. The topological polar surface area (TPSA) is 86.5 Å². The van der Waals surface area contributed by atoms with E-state index in [1.54, 1.807) is 43.5 Å². The highest BCUT2D eigenvalue weighted by atomic mass is 19.1. The Morgan fingerprint density at radius 3 is 2.29 bits per heavy atom. The van der Waals surface area contributed by atoms with Crippen molar-refractivity contribution in [1.82, 2.24) is 10.3 Å². The number of rotatable bonds is 7. The van der Waals surface area contributed by atoms with E-state index in [1.807, 2.05) is 12.1 Å². The molecule has 1 aromatic heterocycles. The number of benzene rings is 2. The molecular formula is C21H20FN3O3. The first-order valence-electron chi connectivity index (χ1n) is 8.60. The van der Waals surface area contributed by atoms with Crippen molar-refractivity contribution < 1.29 is 18.7 Å². The van der Waals surface area contributed by atoms with Gasteiger partial charge in [0.2, 0.25) is 0 Å². The minimum absolute atomic E-state index is 0.162. The molecule has 0 aliphatic heterocycles. The molecule has 0 spiro atoms. The molecule has 0 bridgehead atoms. The molecule has 1 amide bonds. The molecule has 2 aromatic carbocycles. The summed E-state index contributed by atoms with van der Waals surface area (Å²) in [4.78, 5) is 16.5. The number of amides is 1. The fourth-order valence-corrected chi connectivity index (χ4v) is 2.53. The Morgan fingerprint density at radius 2 is 1.68 bits per heavy atom. The number of aromatic nitrogens is 1. The summed E-state index contributed by atoms with van der Waals surface area (Å²) >= 11 is 0. The maximum absolute atomic E-state index is 12.9. The lowest BCUT2D eigenvalue weighted by atomic mass is 10.2. The number of nitrogens with two attached hydrogens (primary N) is 1. The van der Waals surface area contributed by atoms with Crippen LogP contribution in [-0.4, -0.2) is 18.0 Å². The number of nitrogens with one attached hydrogen (secondary N) is 1. The van der Waals surface area contributed by atoms with E-state index in [-0.39, 0.29) is 17.5 Å². The number of nitrogen functional groups attached to an aromatic ring is 1. The van der Waals surface area contributed by atoms with Gasteiger partial charge in [0.1, 0.15) is 23.1 Å². The van der Waals surface area contributed by atoms with Gasteiger partial charge >= 0.3 is 0 Å². The van der Waals surface area contributed by atoms with E-state index in [1.165, 1.54) is 12.1 Å². The van der Waals surface area contributed by atoms with Gasteiger partial charge in [-0.25, -0.2) is 9.37 Å². The molecule has 3 N–H and O–H groups in total. The van der Waals surface area contributed by atoms with Crippen LogP contribution < -0.4 is 15.8 Å². The summed E-state index contributed by atoms with van der Waals surface area (Å²) in [7, 11) is 1.56. The minimum atomic E-state index is -0.317. The summed E-state index contributed by atoms with van der Waals surface area (Å²) in [6, 6.07) is 16.3. The SMILES string of the molecule is COCc1ccc(C(=O)NCc2ccc(Oc3ccc(F)cc3)cc2)c(N)n1. The summed E-state index contributed by atoms with van der Waals surface area (Å²) in [5, 5.41) is 2.81. The number of anilines is 1. The minimum Gasteiger partial charge on any atom is -0.457 e. The fraction of sp³-hybridized carbons (Fsp3) is 0.143. The summed E-state index contributed by atoms with van der Waals surface area (Å²) in [5.41, 5.74) is 7.72. The lowest BCUT2D eigenvalue weighted by Crippen LogP contribution is -2.24. The van der Waals surface area contributed by atoms with Gasteiger partial charge in [-0.3, -0.25) is 4.79 Å². The Morgan fingerprint density at radius 1 is 1.04 bits per heavy atom. The van der Waals surface area contributed by atoms with Crippen LogP contribution in [0.2, 0.25) is 0 Å². The number of carbonyl (C=O) groups is 1. The molecule has 0 saturated carbocycles. The van der Waals surface area contributed by atoms with Crippen LogP contribution >= 0.6 is 0 Å². The first kappa shape index (κ1) is 19.3. The first-order valence-corrected chi connectivity index (χ1v) is 8.60. The number of halogens is 1. The number of pyridine rings is 1. The van der Waals surface area contributed by atoms with Crippen molar-refractivity contribution in [1.29, 1.82) is 0 Å². The van der Waals surface area contributed by atoms with E-state index < -0.39 is 0 Å². The molecule has 6 nitrogen and oxygen atoms in total. The van der Waals surface area contributed by atoms with Gasteiger partial charge in [-0.15, -0.1) is 0 Å². The number of carbonyl (C=O) groups excluding carboxylic acids is 1. The number of methoxy groups -OCH3 is 1. The Balaban J connectivity index is 1.57. The lowest BCUT2D eigenvalue weighted by Gasteiger charge is -2.10. The zero-order chi connectivity index (χ0) is 19.9. The smallest absolute Gasteiger partial charge is 0.255 e. The Bertz CT molecular complexity index is 944. The number of ether oxygens (including phenoxy) is 2. The molecule has 0 aliphatic carbocycles. The van der Waals surface area contributed by atoms with Crippen molar-refractivity contribution in [2.75, 3.05) is 12.8 Å². The largest absolute Gasteiger partial charge is 0.457 e. The van der Waals surface area contributed by atoms with Gasteiger partial charge in [0.15, 0.2) is 0 Å². The van der Waals surface area contributed by atoms with Gasteiger partial charge in [0, 0.05) is 13.7 Å². The van der Waals surface area contributed by atoms with Gasteiger partial charge in [-0.1, -0.05) is 12.1 Å². The van der Waals surface area contributed by atoms with Crippen molar-refractivity contribution >= 4 is 11.7 Å². The maximum atomic E-state index is 12.9. The molecule has 0 unspecified atom stereocenters. The fourth-order valence-electron chi connectivity index (χ4n) is 2.53. The van der Waals surface area contributed by atoms with Crippen LogP contribution in [0.25, 0.3) is 0 Å². The average Bonchev–Trinajstić information content (AvgIpc) is 2.69. The third kappa shape index (κ3) is 5.05. The van der Waals surface area contributed by atoms with E-state index in [4.69, 9.17) is 15.2 Å². The standard InChI is InChI=1S/C21H20FN3O3/c1-27-13-16-6-11-19(20(23)25-16)21(26)24-12-14-2-7-17(8-3-14)28-18-9-4-15(22)5-10-18/h2-11H,12-13H2,1H3,(H2,23,25)(H,24,26). The van der Waals surface area contributed by atoms with Crippen LogP contribution in [0.1, 0.15) is 21.6 Å². The van der Waals surface area contributed by atoms with E-state index in [0.29, 0.717) is 35.9 Å². The second-order valence-electron chi connectivity index (χ2n) is 6.05. The van der Waals surface area contributed by atoms with E-state index in [9.17, 15) is 9.18 Å². The summed E-state index contributed by atoms with van der Waals surface area (Å²) in [6.45, 7) is 0.660. The summed E-state index contributed by atoms with van der Waals surface area (Å²) < 4.78 is 23.6. The van der Waals surface area contributed by atoms with E-state index in [0.717, 1.165) is 5.56 Å². The van der Waals surface area contributed by atoms with Gasteiger partial charge in [-0.2, -0.15) is 0 Å². The van der Waals surface area contributed by atoms with Crippen LogP contribution in [0.4, 0.5) is 10.2 Å². The van der Waals surface area contributed by atoms with E-state index in [2.05, 4.69) is 10.3 Å². The lowest BCUT2D eigenvalue weighted by molar-refractivity contribution is 0.0951. The molecule has 144 valence electrons. The highest BCUT2D eigenvalue weighted by Crippen LogP contribution is 2.22. The number of hydrogen-bond acceptors (Lipinski definition) is 5. The predicted molar refractivity (Wildman–Crippen MR) is 103 cm³/mol. The van der Waals surface area contributed by atoms with Gasteiger partial charge < -0.3 is 20.5 Å². The van der Waals surface area contributed by atoms with Crippen molar-refractivity contribution in [3.8, 4) is 11.5 Å². The molecule has 1 heterocycles. The normalized spacial score (nSPS) is 10.5. The second kappa shape index (κ2) is 8.96. The quantitative estimate of drug-likeness (QED) is 0.652. The van der Waals surface area contributed by atoms with Crippen molar-refractivity contribution in [2.45, 2.75) is 13.2 Å². The van der Waals surface area contributed by atoms with E-state index >= 15 is 0 Å². The van der Waals surface area contributed by atoms with Crippen molar-refractivity contribution in [2.24, 2.45) is 0 Å². The first-order chi connectivity index (χ1) is 13.5. The molecule has 0 atom stereocenters. The van der Waals surface area contributed by atoms with Crippen LogP contribution in [0.5, 0.6) is 11.5 Å². The Kier molecular flexibility index (Phi) is 6.18. The predicted octanol–water partition coefficient (Wildman–Crippen LogP) is 3.67. The second-order valence-corrected chi connectivity index (χ2v) is 6.05. The maximum Gasteiger partial charge on any atom is 0.255 e.